The summed E-state index contributed by atoms with van der Waals surface area (Å²) in [5.41, 5.74) is 4.92. The third-order valence-corrected chi connectivity index (χ3v) is 8.30. The molecule has 0 radical (unpaired) electrons. The van der Waals surface area contributed by atoms with Gasteiger partial charge in [0.1, 0.15) is 0 Å². The number of para-hydroxylation sites is 1. The van der Waals surface area contributed by atoms with Crippen LogP contribution < -0.4 is 0 Å². The molecule has 0 spiro atoms. The average Bonchev–Trinajstić information content (AvgIpc) is 2.93. The third kappa shape index (κ3) is 5.78. The van der Waals surface area contributed by atoms with E-state index in [-0.39, 0.29) is 11.8 Å². The molecule has 0 fully saturated rings. The van der Waals surface area contributed by atoms with E-state index in [1.165, 1.54) is 0 Å². The first kappa shape index (κ1) is 26.0. The lowest BCUT2D eigenvalue weighted by Crippen LogP contribution is -2.35. The highest BCUT2D eigenvalue weighted by atomic mass is 35.5. The third-order valence-electron chi connectivity index (χ3n) is 7.13. The van der Waals surface area contributed by atoms with Crippen LogP contribution in [0.15, 0.2) is 72.8 Å². The SMILES string of the molecule is CN(CC(CCN1CCc2nc3ccccc3c(Cl)c2C1)c1ccc(Cl)c(Cl)c1)C(=O)c1ccccc1. The van der Waals surface area contributed by atoms with Gasteiger partial charge in [0, 0.05) is 61.2 Å². The van der Waals surface area contributed by atoms with Crippen molar-refractivity contribution in [2.75, 3.05) is 26.7 Å². The summed E-state index contributed by atoms with van der Waals surface area (Å²) in [4.78, 5) is 22.2. The number of likely N-dealkylation sites (N-methyl/N-ethyl adjacent to an activating group) is 1. The predicted molar refractivity (Wildman–Crippen MR) is 153 cm³/mol. The average molecular weight is 553 g/mol. The zero-order valence-corrected chi connectivity index (χ0v) is 22.9. The molecule has 4 nitrogen and oxygen atoms in total. The number of halogens is 3. The van der Waals surface area contributed by atoms with Gasteiger partial charge >= 0.3 is 0 Å². The summed E-state index contributed by atoms with van der Waals surface area (Å²) in [6.45, 7) is 3.12. The Morgan fingerprint density at radius 3 is 2.54 bits per heavy atom. The second kappa shape index (κ2) is 11.4. The normalized spacial score (nSPS) is 14.4. The summed E-state index contributed by atoms with van der Waals surface area (Å²) in [6.07, 6.45) is 1.72. The molecule has 4 aromatic rings. The standard InChI is InChI=1S/C30H28Cl3N3O/c1-35(30(37)20-7-3-2-4-8-20)18-22(21-11-12-25(31)26(32)17-21)13-15-36-16-14-28-24(19-36)29(33)23-9-5-6-10-27(23)34-28/h2-12,17,22H,13-16,18-19H2,1H3. The molecule has 0 aliphatic carbocycles. The minimum Gasteiger partial charge on any atom is -0.341 e. The zero-order chi connectivity index (χ0) is 25.9. The number of pyridine rings is 1. The summed E-state index contributed by atoms with van der Waals surface area (Å²) < 4.78 is 0. The number of fused-ring (bicyclic) bond motifs is 2. The van der Waals surface area contributed by atoms with Crippen molar-refractivity contribution in [1.82, 2.24) is 14.8 Å². The Balaban J connectivity index is 1.33. The van der Waals surface area contributed by atoms with Gasteiger partial charge in [0.25, 0.3) is 5.91 Å². The molecule has 1 atom stereocenters. The summed E-state index contributed by atoms with van der Waals surface area (Å²) in [7, 11) is 1.85. The van der Waals surface area contributed by atoms with E-state index in [1.54, 1.807) is 4.90 Å². The minimum atomic E-state index is 0.00212. The molecule has 1 unspecified atom stereocenters. The van der Waals surface area contributed by atoms with Crippen LogP contribution in [0.25, 0.3) is 10.9 Å². The molecule has 3 aromatic carbocycles. The molecule has 2 heterocycles. The lowest BCUT2D eigenvalue weighted by atomic mass is 9.94. The van der Waals surface area contributed by atoms with E-state index in [1.807, 2.05) is 79.8 Å². The van der Waals surface area contributed by atoms with Crippen molar-refractivity contribution in [3.05, 3.63) is 110 Å². The van der Waals surface area contributed by atoms with Crippen molar-refractivity contribution >= 4 is 51.6 Å². The molecule has 5 rings (SSSR count). The second-order valence-electron chi connectivity index (χ2n) is 9.61. The quantitative estimate of drug-likeness (QED) is 0.238. The van der Waals surface area contributed by atoms with Crippen molar-refractivity contribution in [2.24, 2.45) is 0 Å². The molecule has 0 bridgehead atoms. The van der Waals surface area contributed by atoms with Gasteiger partial charge in [-0.1, -0.05) is 77.3 Å². The van der Waals surface area contributed by atoms with Gasteiger partial charge in [-0.05, 0) is 48.9 Å². The second-order valence-corrected chi connectivity index (χ2v) is 10.8. The smallest absolute Gasteiger partial charge is 0.253 e. The van der Waals surface area contributed by atoms with E-state index in [9.17, 15) is 4.79 Å². The predicted octanol–water partition coefficient (Wildman–Crippen LogP) is 7.50. The fourth-order valence-electron chi connectivity index (χ4n) is 5.07. The molecule has 1 amide bonds. The molecule has 0 saturated heterocycles. The Kier molecular flexibility index (Phi) is 8.01. The topological polar surface area (TPSA) is 36.4 Å². The first-order valence-electron chi connectivity index (χ1n) is 12.4. The number of amides is 1. The van der Waals surface area contributed by atoms with Crippen molar-refractivity contribution in [2.45, 2.75) is 25.3 Å². The Hall–Kier alpha value is -2.63. The largest absolute Gasteiger partial charge is 0.341 e. The highest BCUT2D eigenvalue weighted by Gasteiger charge is 2.24. The van der Waals surface area contributed by atoms with Crippen LogP contribution in [-0.4, -0.2) is 47.4 Å². The van der Waals surface area contributed by atoms with Crippen LogP contribution in [0.2, 0.25) is 15.1 Å². The Bertz CT molecular complexity index is 1430. The molecule has 1 aliphatic heterocycles. The highest BCUT2D eigenvalue weighted by Crippen LogP contribution is 2.33. The van der Waals surface area contributed by atoms with Crippen molar-refractivity contribution < 1.29 is 4.79 Å². The van der Waals surface area contributed by atoms with E-state index in [4.69, 9.17) is 39.8 Å². The van der Waals surface area contributed by atoms with Crippen molar-refractivity contribution in [3.63, 3.8) is 0 Å². The van der Waals surface area contributed by atoms with E-state index in [0.29, 0.717) is 22.2 Å². The molecule has 7 heteroatoms. The molecule has 0 saturated carbocycles. The van der Waals surface area contributed by atoms with Gasteiger partial charge in [0.05, 0.1) is 20.6 Å². The molecule has 0 N–H and O–H groups in total. The number of hydrogen-bond acceptors (Lipinski definition) is 3. The van der Waals surface area contributed by atoms with E-state index in [2.05, 4.69) is 4.90 Å². The molecular weight excluding hydrogens is 525 g/mol. The van der Waals surface area contributed by atoms with Gasteiger partial charge < -0.3 is 4.90 Å². The summed E-state index contributed by atoms with van der Waals surface area (Å²) in [5.74, 6) is 0.0984. The van der Waals surface area contributed by atoms with Gasteiger partial charge in [0.15, 0.2) is 0 Å². The maximum absolute atomic E-state index is 13.1. The number of aromatic nitrogens is 1. The summed E-state index contributed by atoms with van der Waals surface area (Å²) in [6, 6.07) is 23.2. The van der Waals surface area contributed by atoms with Gasteiger partial charge in [-0.25, -0.2) is 0 Å². The van der Waals surface area contributed by atoms with Crippen LogP contribution >= 0.6 is 34.8 Å². The van der Waals surface area contributed by atoms with Gasteiger partial charge in [-0.2, -0.15) is 0 Å². The maximum Gasteiger partial charge on any atom is 0.253 e. The molecule has 1 aliphatic rings. The number of carbonyl (C=O) groups excluding carboxylic acids is 1. The van der Waals surface area contributed by atoms with Gasteiger partial charge in [0.2, 0.25) is 0 Å². The van der Waals surface area contributed by atoms with Crippen LogP contribution in [0.1, 0.15) is 39.5 Å². The number of carbonyl (C=O) groups is 1. The molecular formula is C30H28Cl3N3O. The number of benzene rings is 3. The Morgan fingerprint density at radius 1 is 1.00 bits per heavy atom. The first-order valence-corrected chi connectivity index (χ1v) is 13.6. The minimum absolute atomic E-state index is 0.00212. The number of hydrogen-bond donors (Lipinski definition) is 0. The molecule has 190 valence electrons. The summed E-state index contributed by atoms with van der Waals surface area (Å²) >= 11 is 19.4. The first-order chi connectivity index (χ1) is 17.9. The summed E-state index contributed by atoms with van der Waals surface area (Å²) in [5, 5.41) is 2.86. The van der Waals surface area contributed by atoms with Crippen molar-refractivity contribution in [3.8, 4) is 0 Å². The number of rotatable bonds is 7. The van der Waals surface area contributed by atoms with Crippen LogP contribution in [0.4, 0.5) is 0 Å². The van der Waals surface area contributed by atoms with Gasteiger partial charge in [-0.15, -0.1) is 0 Å². The van der Waals surface area contributed by atoms with E-state index in [0.717, 1.165) is 65.2 Å². The fraction of sp³-hybridized carbons (Fsp3) is 0.267. The fourth-order valence-corrected chi connectivity index (χ4v) is 5.70. The lowest BCUT2D eigenvalue weighted by molar-refractivity contribution is 0.0782. The van der Waals surface area contributed by atoms with Crippen LogP contribution in [0.5, 0.6) is 0 Å². The maximum atomic E-state index is 13.1. The van der Waals surface area contributed by atoms with Crippen molar-refractivity contribution in [1.29, 1.82) is 0 Å². The van der Waals surface area contributed by atoms with E-state index >= 15 is 0 Å². The Labute approximate surface area is 232 Å². The Morgan fingerprint density at radius 2 is 1.76 bits per heavy atom. The van der Waals surface area contributed by atoms with Gasteiger partial charge in [-0.3, -0.25) is 14.7 Å². The zero-order valence-electron chi connectivity index (χ0n) is 20.6. The van der Waals surface area contributed by atoms with Crippen LogP contribution in [0, 0.1) is 0 Å². The van der Waals surface area contributed by atoms with Crippen LogP contribution in [-0.2, 0) is 13.0 Å². The van der Waals surface area contributed by atoms with E-state index < -0.39 is 0 Å². The monoisotopic (exact) mass is 551 g/mol. The van der Waals surface area contributed by atoms with Crippen LogP contribution in [0.3, 0.4) is 0 Å². The number of nitrogens with zero attached hydrogens (tertiary/aromatic N) is 3. The molecule has 1 aromatic heterocycles. The highest BCUT2D eigenvalue weighted by molar-refractivity contribution is 6.42. The molecule has 37 heavy (non-hydrogen) atoms. The lowest BCUT2D eigenvalue weighted by Gasteiger charge is -2.31.